The maximum absolute atomic E-state index is 5.84. The third-order valence-electron chi connectivity index (χ3n) is 3.43. The molecule has 0 fully saturated rings. The molecule has 3 heterocycles. The average molecular weight is 260 g/mol. The number of nitrogens with zero attached hydrogens (tertiary/aromatic N) is 2. The Morgan fingerprint density at radius 1 is 0.950 bits per heavy atom. The molecule has 20 heavy (non-hydrogen) atoms. The van der Waals surface area contributed by atoms with Crippen molar-refractivity contribution < 1.29 is 4.42 Å². The first-order valence-corrected chi connectivity index (χ1v) is 6.52. The maximum atomic E-state index is 5.84. The Bertz CT molecular complexity index is 910. The molecule has 4 rings (SSSR count). The van der Waals surface area contributed by atoms with Crippen molar-refractivity contribution in [1.82, 2.24) is 9.97 Å². The van der Waals surface area contributed by atoms with E-state index in [0.29, 0.717) is 5.71 Å². The molecule has 0 saturated heterocycles. The van der Waals surface area contributed by atoms with E-state index in [4.69, 9.17) is 4.42 Å². The van der Waals surface area contributed by atoms with E-state index in [-0.39, 0.29) is 0 Å². The summed E-state index contributed by atoms with van der Waals surface area (Å²) in [5.41, 5.74) is 4.44. The third-order valence-corrected chi connectivity index (χ3v) is 3.43. The average Bonchev–Trinajstić information content (AvgIpc) is 2.84. The van der Waals surface area contributed by atoms with Crippen LogP contribution in [0.5, 0.6) is 0 Å². The van der Waals surface area contributed by atoms with E-state index in [1.54, 1.807) is 0 Å². The molecule has 4 aromatic rings. The lowest BCUT2D eigenvalue weighted by Crippen LogP contribution is -1.82. The highest BCUT2D eigenvalue weighted by Gasteiger charge is 2.10. The quantitative estimate of drug-likeness (QED) is 0.510. The molecule has 96 valence electrons. The molecule has 3 aromatic heterocycles. The minimum absolute atomic E-state index is 0.673. The van der Waals surface area contributed by atoms with Gasteiger partial charge < -0.3 is 4.42 Å². The molecule has 0 N–H and O–H groups in total. The van der Waals surface area contributed by atoms with Gasteiger partial charge in [0.05, 0.1) is 5.69 Å². The predicted octanol–water partition coefficient (Wildman–Crippen LogP) is 4.35. The molecule has 1 aromatic carbocycles. The van der Waals surface area contributed by atoms with Crippen molar-refractivity contribution in [3.63, 3.8) is 0 Å². The topological polar surface area (TPSA) is 38.9 Å². The fourth-order valence-electron chi connectivity index (χ4n) is 2.41. The largest absolute Gasteiger partial charge is 0.438 e. The van der Waals surface area contributed by atoms with Crippen molar-refractivity contribution >= 4 is 22.1 Å². The van der Waals surface area contributed by atoms with Gasteiger partial charge in [-0.3, -0.25) is 4.98 Å². The van der Waals surface area contributed by atoms with Crippen LogP contribution in [0.4, 0.5) is 0 Å². The van der Waals surface area contributed by atoms with Gasteiger partial charge in [-0.2, -0.15) is 0 Å². The number of rotatable bonds is 1. The van der Waals surface area contributed by atoms with Gasteiger partial charge in [0.25, 0.3) is 0 Å². The van der Waals surface area contributed by atoms with Crippen LogP contribution < -0.4 is 0 Å². The lowest BCUT2D eigenvalue weighted by molar-refractivity contribution is 0.652. The van der Waals surface area contributed by atoms with Crippen molar-refractivity contribution in [1.29, 1.82) is 0 Å². The highest BCUT2D eigenvalue weighted by atomic mass is 16.3. The molecule has 0 spiro atoms. The zero-order chi connectivity index (χ0) is 13.5. The zero-order valence-electron chi connectivity index (χ0n) is 11.0. The van der Waals surface area contributed by atoms with Crippen LogP contribution in [0.25, 0.3) is 33.3 Å². The van der Waals surface area contributed by atoms with E-state index in [0.717, 1.165) is 33.3 Å². The van der Waals surface area contributed by atoms with Crippen LogP contribution in [-0.4, -0.2) is 9.97 Å². The molecule has 0 unspecified atom stereocenters. The summed E-state index contributed by atoms with van der Waals surface area (Å²) < 4.78 is 5.84. The summed E-state index contributed by atoms with van der Waals surface area (Å²) in [6.45, 7) is 1.96. The minimum atomic E-state index is 0.673. The van der Waals surface area contributed by atoms with Crippen LogP contribution in [0.15, 0.2) is 59.1 Å². The first-order chi connectivity index (χ1) is 9.81. The summed E-state index contributed by atoms with van der Waals surface area (Å²) in [5, 5.41) is 2.02. The predicted molar refractivity (Wildman–Crippen MR) is 79.5 cm³/mol. The van der Waals surface area contributed by atoms with Crippen molar-refractivity contribution in [2.45, 2.75) is 6.92 Å². The van der Waals surface area contributed by atoms with Crippen LogP contribution in [0.3, 0.4) is 0 Å². The number of hydrogen-bond donors (Lipinski definition) is 0. The number of furan rings is 1. The van der Waals surface area contributed by atoms with Gasteiger partial charge in [-0.25, -0.2) is 4.98 Å². The Morgan fingerprint density at radius 3 is 2.65 bits per heavy atom. The number of aryl methyl sites for hydroxylation is 1. The lowest BCUT2D eigenvalue weighted by atomic mass is 10.1. The molecule has 0 radical (unpaired) electrons. The summed E-state index contributed by atoms with van der Waals surface area (Å²) in [4.78, 5) is 8.95. The van der Waals surface area contributed by atoms with Crippen molar-refractivity contribution in [2.24, 2.45) is 0 Å². The Labute approximate surface area is 115 Å². The number of fused-ring (bicyclic) bond motifs is 3. The first kappa shape index (κ1) is 11.2. The van der Waals surface area contributed by atoms with Gasteiger partial charge in [0.1, 0.15) is 5.58 Å². The van der Waals surface area contributed by atoms with Crippen LogP contribution in [0, 0.1) is 6.92 Å². The van der Waals surface area contributed by atoms with Crippen LogP contribution in [0.2, 0.25) is 0 Å². The van der Waals surface area contributed by atoms with Crippen molar-refractivity contribution in [3.8, 4) is 11.3 Å². The number of pyridine rings is 2. The highest BCUT2D eigenvalue weighted by molar-refractivity contribution is 6.03. The van der Waals surface area contributed by atoms with E-state index in [2.05, 4.69) is 9.97 Å². The van der Waals surface area contributed by atoms with E-state index in [1.165, 1.54) is 0 Å². The Kier molecular flexibility index (Phi) is 2.33. The second kappa shape index (κ2) is 4.17. The lowest BCUT2D eigenvalue weighted by Gasteiger charge is -1.99. The zero-order valence-corrected chi connectivity index (χ0v) is 11.0. The second-order valence-corrected chi connectivity index (χ2v) is 4.84. The van der Waals surface area contributed by atoms with Gasteiger partial charge >= 0.3 is 0 Å². The van der Waals surface area contributed by atoms with Gasteiger partial charge in [-0.1, -0.05) is 30.3 Å². The fourth-order valence-corrected chi connectivity index (χ4v) is 2.41. The van der Waals surface area contributed by atoms with Crippen molar-refractivity contribution in [2.75, 3.05) is 0 Å². The molecular formula is C17H12N2O. The molecule has 3 heteroatoms. The molecule has 0 aliphatic rings. The highest BCUT2D eigenvalue weighted by Crippen LogP contribution is 2.29. The summed E-state index contributed by atoms with van der Waals surface area (Å²) in [6.07, 6.45) is 1.86. The smallest absolute Gasteiger partial charge is 0.227 e. The van der Waals surface area contributed by atoms with Crippen molar-refractivity contribution in [3.05, 3.63) is 60.4 Å². The first-order valence-electron chi connectivity index (χ1n) is 6.52. The third kappa shape index (κ3) is 1.67. The summed E-state index contributed by atoms with van der Waals surface area (Å²) in [7, 11) is 0. The maximum Gasteiger partial charge on any atom is 0.227 e. The number of benzene rings is 1. The summed E-state index contributed by atoms with van der Waals surface area (Å²) >= 11 is 0. The summed E-state index contributed by atoms with van der Waals surface area (Å²) in [5.74, 6) is 0. The SMILES string of the molecule is Cc1ccc2c(n1)oc1cc(-c3ccccc3)ncc12. The van der Waals surface area contributed by atoms with Crippen LogP contribution >= 0.6 is 0 Å². The van der Waals surface area contributed by atoms with Crippen LogP contribution in [0.1, 0.15) is 5.69 Å². The van der Waals surface area contributed by atoms with E-state index in [9.17, 15) is 0 Å². The van der Waals surface area contributed by atoms with Crippen LogP contribution in [-0.2, 0) is 0 Å². The minimum Gasteiger partial charge on any atom is -0.438 e. The monoisotopic (exact) mass is 260 g/mol. The Morgan fingerprint density at radius 2 is 1.80 bits per heavy atom. The Hall–Kier alpha value is -2.68. The molecule has 0 bridgehead atoms. The van der Waals surface area contributed by atoms with Gasteiger partial charge in [-0.15, -0.1) is 0 Å². The number of hydrogen-bond acceptors (Lipinski definition) is 3. The van der Waals surface area contributed by atoms with E-state index < -0.39 is 0 Å². The van der Waals surface area contributed by atoms with E-state index in [1.807, 2.05) is 61.7 Å². The van der Waals surface area contributed by atoms with Gasteiger partial charge in [0.15, 0.2) is 0 Å². The number of aromatic nitrogens is 2. The Balaban J connectivity index is 1.98. The van der Waals surface area contributed by atoms with Gasteiger partial charge in [-0.05, 0) is 19.1 Å². The standard InChI is InChI=1S/C17H12N2O/c1-11-7-8-13-14-10-18-15(12-5-3-2-4-6-12)9-16(14)20-17(13)19-11/h2-10H,1H3. The van der Waals surface area contributed by atoms with Gasteiger partial charge in [0, 0.05) is 34.3 Å². The molecule has 0 aliphatic carbocycles. The molecule has 0 amide bonds. The molecule has 0 aliphatic heterocycles. The molecule has 0 atom stereocenters. The fraction of sp³-hybridized carbons (Fsp3) is 0.0588. The normalized spacial score (nSPS) is 11.2. The second-order valence-electron chi connectivity index (χ2n) is 4.84. The van der Waals surface area contributed by atoms with E-state index >= 15 is 0 Å². The molecular weight excluding hydrogens is 248 g/mol. The molecule has 0 saturated carbocycles. The molecule has 3 nitrogen and oxygen atoms in total. The van der Waals surface area contributed by atoms with Gasteiger partial charge in [0.2, 0.25) is 5.71 Å². The summed E-state index contributed by atoms with van der Waals surface area (Å²) in [6, 6.07) is 16.1.